The van der Waals surface area contributed by atoms with Crippen LogP contribution in [-0.2, 0) is 0 Å². The molecule has 0 spiro atoms. The van der Waals surface area contributed by atoms with Crippen LogP contribution in [0.25, 0.3) is 11.1 Å². The number of phenols is 1. The Morgan fingerprint density at radius 2 is 1.73 bits per heavy atom. The Kier molecular flexibility index (Phi) is 6.93. The normalized spacial score (nSPS) is 17.6. The number of hydrogen-bond donors (Lipinski definition) is 4. The fraction of sp³-hybridized carbons (Fsp3) is 0.423. The van der Waals surface area contributed by atoms with Crippen molar-refractivity contribution in [1.29, 1.82) is 10.8 Å². The molecule has 0 saturated carbocycles. The molecule has 33 heavy (non-hydrogen) atoms. The minimum Gasteiger partial charge on any atom is -0.507 e. The highest BCUT2D eigenvalue weighted by atomic mass is 16.5. The van der Waals surface area contributed by atoms with Gasteiger partial charge in [-0.1, -0.05) is 6.07 Å². The molecule has 7 heteroatoms. The van der Waals surface area contributed by atoms with E-state index in [1.54, 1.807) is 43.7 Å². The summed E-state index contributed by atoms with van der Waals surface area (Å²) in [5.74, 6) is 0.854. The molecular formula is C26H35N5O2. The molecule has 3 rings (SSSR count). The minimum atomic E-state index is -0.0102. The molecule has 0 aliphatic carbocycles. The first-order chi connectivity index (χ1) is 15.4. The summed E-state index contributed by atoms with van der Waals surface area (Å²) in [6, 6.07) is 9.05. The van der Waals surface area contributed by atoms with Gasteiger partial charge in [0.15, 0.2) is 0 Å². The maximum absolute atomic E-state index is 10.6. The quantitative estimate of drug-likeness (QED) is 0.381. The molecule has 7 nitrogen and oxygen atoms in total. The first-order valence-electron chi connectivity index (χ1n) is 11.1. The van der Waals surface area contributed by atoms with E-state index in [0.717, 1.165) is 24.0 Å². The van der Waals surface area contributed by atoms with Crippen molar-refractivity contribution in [3.05, 3.63) is 54.2 Å². The van der Waals surface area contributed by atoms with E-state index in [0.29, 0.717) is 17.3 Å². The second kappa shape index (κ2) is 9.35. The average Bonchev–Trinajstić information content (AvgIpc) is 2.74. The molecule has 176 valence electrons. The molecular weight excluding hydrogens is 414 g/mol. The summed E-state index contributed by atoms with van der Waals surface area (Å²) >= 11 is 0. The van der Waals surface area contributed by atoms with Gasteiger partial charge in [0.1, 0.15) is 11.6 Å². The summed E-state index contributed by atoms with van der Waals surface area (Å²) in [4.78, 5) is 6.08. The number of pyridine rings is 1. The van der Waals surface area contributed by atoms with E-state index in [4.69, 9.17) is 15.6 Å². The number of hydrogen-bond acceptors (Lipinski definition) is 6. The number of benzene rings is 1. The van der Waals surface area contributed by atoms with Gasteiger partial charge in [-0.3, -0.25) is 5.41 Å². The Bertz CT molecular complexity index is 1060. The number of piperidine rings is 1. The number of nitrogens with zero attached hydrogens (tertiary/aromatic N) is 2. The number of amidine groups is 1. The van der Waals surface area contributed by atoms with Crippen LogP contribution in [0.2, 0.25) is 0 Å². The highest BCUT2D eigenvalue weighted by molar-refractivity contribution is 6.11. The molecule has 1 aromatic heterocycles. The third-order valence-electron chi connectivity index (χ3n) is 6.07. The molecule has 0 unspecified atom stereocenters. The molecule has 0 radical (unpaired) electrons. The molecule has 1 aliphatic heterocycles. The Labute approximate surface area is 196 Å². The van der Waals surface area contributed by atoms with Gasteiger partial charge in [0.05, 0.1) is 12.8 Å². The third-order valence-corrected chi connectivity index (χ3v) is 6.07. The Hall–Kier alpha value is -3.19. The summed E-state index contributed by atoms with van der Waals surface area (Å²) in [5.41, 5.74) is 2.21. The van der Waals surface area contributed by atoms with Crippen molar-refractivity contribution in [2.24, 2.45) is 0 Å². The summed E-state index contributed by atoms with van der Waals surface area (Å²) in [6.07, 6.45) is 6.72. The van der Waals surface area contributed by atoms with Crippen LogP contribution >= 0.6 is 0 Å². The van der Waals surface area contributed by atoms with Crippen LogP contribution in [0.4, 0.5) is 0 Å². The van der Waals surface area contributed by atoms with Crippen molar-refractivity contribution in [2.45, 2.75) is 57.7 Å². The van der Waals surface area contributed by atoms with Gasteiger partial charge < -0.3 is 25.5 Å². The van der Waals surface area contributed by atoms with E-state index < -0.39 is 0 Å². The van der Waals surface area contributed by atoms with E-state index in [1.165, 1.54) is 0 Å². The van der Waals surface area contributed by atoms with Crippen LogP contribution in [0.5, 0.6) is 11.6 Å². The van der Waals surface area contributed by atoms with Gasteiger partial charge in [0, 0.05) is 42.0 Å². The molecule has 0 bridgehead atoms. The van der Waals surface area contributed by atoms with Gasteiger partial charge in [0.2, 0.25) is 5.88 Å². The second-order valence-electron chi connectivity index (χ2n) is 10.0. The van der Waals surface area contributed by atoms with Gasteiger partial charge in [-0.25, -0.2) is 4.98 Å². The maximum atomic E-state index is 10.6. The summed E-state index contributed by atoms with van der Waals surface area (Å²) < 4.78 is 5.16. The van der Waals surface area contributed by atoms with Crippen LogP contribution in [0.3, 0.4) is 0 Å². The van der Waals surface area contributed by atoms with Crippen molar-refractivity contribution in [2.75, 3.05) is 14.2 Å². The second-order valence-corrected chi connectivity index (χ2v) is 10.0. The lowest BCUT2D eigenvalue weighted by Crippen LogP contribution is -2.62. The third kappa shape index (κ3) is 5.99. The van der Waals surface area contributed by atoms with Crippen molar-refractivity contribution >= 4 is 11.5 Å². The van der Waals surface area contributed by atoms with Crippen LogP contribution in [0.15, 0.2) is 48.7 Å². The zero-order chi connectivity index (χ0) is 24.4. The molecule has 4 N–H and O–H groups in total. The summed E-state index contributed by atoms with van der Waals surface area (Å²) in [6.45, 7) is 8.77. The molecule has 1 saturated heterocycles. The lowest BCUT2D eigenvalue weighted by atomic mass is 9.79. The number of phenolic OH excluding ortho intramolecular Hbond substituents is 1. The topological polar surface area (TPSA) is 105 Å². The largest absolute Gasteiger partial charge is 0.507 e. The number of likely N-dealkylation sites (N-methyl/N-ethyl adjacent to an activating group) is 1. The first kappa shape index (κ1) is 24.5. The molecule has 2 aromatic rings. The fourth-order valence-corrected chi connectivity index (χ4v) is 4.75. The van der Waals surface area contributed by atoms with Gasteiger partial charge >= 0.3 is 0 Å². The molecule has 1 fully saturated rings. The minimum absolute atomic E-state index is 0.0102. The fourth-order valence-electron chi connectivity index (χ4n) is 4.75. The Balaban J connectivity index is 1.71. The van der Waals surface area contributed by atoms with Crippen molar-refractivity contribution < 1.29 is 9.84 Å². The zero-order valence-electron chi connectivity index (χ0n) is 20.4. The summed E-state index contributed by atoms with van der Waals surface area (Å²) in [7, 11) is 3.50. The van der Waals surface area contributed by atoms with E-state index in [-0.39, 0.29) is 28.6 Å². The summed E-state index contributed by atoms with van der Waals surface area (Å²) in [5, 5.41) is 31.2. The van der Waals surface area contributed by atoms with Gasteiger partial charge in [-0.2, -0.15) is 0 Å². The predicted molar refractivity (Wildman–Crippen MR) is 134 cm³/mol. The number of aromatic nitrogens is 1. The molecule has 0 atom stereocenters. The number of nitrogens with one attached hydrogen (secondary N) is 3. The average molecular weight is 450 g/mol. The maximum Gasteiger partial charge on any atom is 0.213 e. The van der Waals surface area contributed by atoms with Crippen LogP contribution in [-0.4, -0.2) is 57.8 Å². The van der Waals surface area contributed by atoms with Crippen molar-refractivity contribution in [1.82, 2.24) is 15.2 Å². The SMILES string of the molecule is COc1cc(-c2ccc(C(=N)/C=C\C(=N)N(C)C3CC(C)(C)NC(C)(C)C3)c(O)c2)ccn1. The van der Waals surface area contributed by atoms with Gasteiger partial charge in [0.25, 0.3) is 0 Å². The molecule has 1 aromatic carbocycles. The zero-order valence-corrected chi connectivity index (χ0v) is 20.4. The molecule has 0 amide bonds. The smallest absolute Gasteiger partial charge is 0.213 e. The highest BCUT2D eigenvalue weighted by Crippen LogP contribution is 2.31. The molecule has 1 aliphatic rings. The van der Waals surface area contributed by atoms with Crippen LogP contribution in [0.1, 0.15) is 46.1 Å². The van der Waals surface area contributed by atoms with E-state index >= 15 is 0 Å². The monoisotopic (exact) mass is 449 g/mol. The highest BCUT2D eigenvalue weighted by Gasteiger charge is 2.39. The van der Waals surface area contributed by atoms with Gasteiger partial charge in [-0.15, -0.1) is 0 Å². The van der Waals surface area contributed by atoms with Crippen molar-refractivity contribution in [3.63, 3.8) is 0 Å². The van der Waals surface area contributed by atoms with Gasteiger partial charge in [-0.05, 0) is 82.0 Å². The lowest BCUT2D eigenvalue weighted by molar-refractivity contribution is 0.114. The number of rotatable bonds is 6. The standard InChI is InChI=1S/C26H35N5O2/c1-25(2)15-19(16-26(3,4)30-25)31(5)23(28)10-9-21(27)20-8-7-17(13-22(20)32)18-11-12-29-24(14-18)33-6/h7-14,19,27-28,30,32H,15-16H2,1-6H3/b10-9-,27-21?,28-23?. The lowest BCUT2D eigenvalue weighted by Gasteiger charge is -2.49. The van der Waals surface area contributed by atoms with E-state index in [2.05, 4.69) is 38.0 Å². The Morgan fingerprint density at radius 3 is 2.33 bits per heavy atom. The van der Waals surface area contributed by atoms with Crippen LogP contribution < -0.4 is 10.1 Å². The number of aromatic hydroxyl groups is 1. The number of methoxy groups -OCH3 is 1. The van der Waals surface area contributed by atoms with Crippen LogP contribution in [0, 0.1) is 10.8 Å². The van der Waals surface area contributed by atoms with Crippen molar-refractivity contribution in [3.8, 4) is 22.8 Å². The number of allylic oxidation sites excluding steroid dienone is 1. The number of ether oxygens (including phenoxy) is 1. The Morgan fingerprint density at radius 1 is 1.09 bits per heavy atom. The molecule has 2 heterocycles. The predicted octanol–water partition coefficient (Wildman–Crippen LogP) is 4.61. The van der Waals surface area contributed by atoms with E-state index in [1.807, 2.05) is 24.1 Å². The first-order valence-corrected chi connectivity index (χ1v) is 11.1. The van der Waals surface area contributed by atoms with E-state index in [9.17, 15) is 5.11 Å².